The third-order valence-corrected chi connectivity index (χ3v) is 2.89. The molecule has 1 rings (SSSR count). The first-order valence-electron chi connectivity index (χ1n) is 4.27. The van der Waals surface area contributed by atoms with Crippen LogP contribution in [0.25, 0.3) is 0 Å². The van der Waals surface area contributed by atoms with Crippen LogP contribution in [-0.2, 0) is 0 Å². The Morgan fingerprint density at radius 3 is 2.62 bits per heavy atom. The van der Waals surface area contributed by atoms with Gasteiger partial charge in [0.15, 0.2) is 0 Å². The Morgan fingerprint density at radius 2 is 2.08 bits per heavy atom. The molecule has 0 aliphatic heterocycles. The van der Waals surface area contributed by atoms with Gasteiger partial charge >= 0.3 is 0 Å². The fraction of sp³-hybridized carbons (Fsp3) is 0.400. The number of thioether (sulfide) groups is 1. The summed E-state index contributed by atoms with van der Waals surface area (Å²) in [5.41, 5.74) is 1.10. The molecule has 3 heteroatoms. The molecule has 72 valence electrons. The smallest absolute Gasteiger partial charge is 0.0490 e. The van der Waals surface area contributed by atoms with E-state index in [0.29, 0.717) is 5.25 Å². The number of halogens is 1. The topological polar surface area (TPSA) is 12.0 Å². The van der Waals surface area contributed by atoms with Gasteiger partial charge in [0, 0.05) is 27.9 Å². The minimum absolute atomic E-state index is 0.591. The lowest BCUT2D eigenvalue weighted by Crippen LogP contribution is -1.93. The number of hydrogen-bond acceptors (Lipinski definition) is 2. The van der Waals surface area contributed by atoms with Crippen LogP contribution >= 0.6 is 23.4 Å². The number of anilines is 1. The van der Waals surface area contributed by atoms with Crippen molar-refractivity contribution < 1.29 is 0 Å². The van der Waals surface area contributed by atoms with Crippen molar-refractivity contribution in [3.05, 3.63) is 23.2 Å². The summed E-state index contributed by atoms with van der Waals surface area (Å²) in [4.78, 5) is 1.25. The summed E-state index contributed by atoms with van der Waals surface area (Å²) < 4.78 is 0. The van der Waals surface area contributed by atoms with Gasteiger partial charge in [-0.2, -0.15) is 0 Å². The van der Waals surface area contributed by atoms with Gasteiger partial charge in [0.25, 0.3) is 0 Å². The second-order valence-electron chi connectivity index (χ2n) is 3.06. The number of rotatable bonds is 3. The minimum Gasteiger partial charge on any atom is -0.387 e. The largest absolute Gasteiger partial charge is 0.387 e. The van der Waals surface area contributed by atoms with Gasteiger partial charge in [-0.1, -0.05) is 25.4 Å². The van der Waals surface area contributed by atoms with E-state index in [4.69, 9.17) is 11.6 Å². The van der Waals surface area contributed by atoms with Gasteiger partial charge in [0.1, 0.15) is 0 Å². The van der Waals surface area contributed by atoms with E-state index < -0.39 is 0 Å². The summed E-state index contributed by atoms with van der Waals surface area (Å²) in [6, 6.07) is 5.93. The Kier molecular flexibility index (Phi) is 3.94. The molecule has 0 atom stereocenters. The molecule has 0 heterocycles. The summed E-state index contributed by atoms with van der Waals surface area (Å²) in [6.07, 6.45) is 0. The Morgan fingerprint density at radius 1 is 1.38 bits per heavy atom. The van der Waals surface area contributed by atoms with Crippen LogP contribution in [0.4, 0.5) is 5.69 Å². The molecule has 1 nitrogen and oxygen atoms in total. The minimum atomic E-state index is 0.591. The number of nitrogens with one attached hydrogen (secondary N) is 1. The Hall–Kier alpha value is -0.340. The van der Waals surface area contributed by atoms with Crippen LogP contribution in [0.3, 0.4) is 0 Å². The monoisotopic (exact) mass is 215 g/mol. The number of benzene rings is 1. The maximum atomic E-state index is 5.88. The summed E-state index contributed by atoms with van der Waals surface area (Å²) >= 11 is 7.72. The van der Waals surface area contributed by atoms with Gasteiger partial charge in [-0.05, 0) is 18.2 Å². The molecular weight excluding hydrogens is 202 g/mol. The van der Waals surface area contributed by atoms with Gasteiger partial charge in [0.2, 0.25) is 0 Å². The van der Waals surface area contributed by atoms with Crippen molar-refractivity contribution in [1.82, 2.24) is 0 Å². The predicted molar refractivity (Wildman–Crippen MR) is 62.0 cm³/mol. The van der Waals surface area contributed by atoms with Crippen LogP contribution in [0.1, 0.15) is 13.8 Å². The molecule has 1 aromatic rings. The molecule has 0 unspecified atom stereocenters. The fourth-order valence-corrected chi connectivity index (χ4v) is 2.17. The van der Waals surface area contributed by atoms with Gasteiger partial charge in [0.05, 0.1) is 0 Å². The van der Waals surface area contributed by atoms with Crippen molar-refractivity contribution in [2.24, 2.45) is 0 Å². The van der Waals surface area contributed by atoms with E-state index in [0.717, 1.165) is 10.7 Å². The summed E-state index contributed by atoms with van der Waals surface area (Å²) in [5, 5.41) is 4.50. The Labute approximate surface area is 88.9 Å². The first kappa shape index (κ1) is 10.7. The quantitative estimate of drug-likeness (QED) is 0.768. The molecule has 0 aliphatic rings. The zero-order valence-electron chi connectivity index (χ0n) is 8.10. The van der Waals surface area contributed by atoms with Crippen LogP contribution in [0, 0.1) is 0 Å². The van der Waals surface area contributed by atoms with Crippen molar-refractivity contribution >= 4 is 29.1 Å². The molecular formula is C10H14ClNS. The molecule has 0 radical (unpaired) electrons. The first-order chi connectivity index (χ1) is 6.13. The second-order valence-corrected chi connectivity index (χ2v) is 5.11. The fourth-order valence-electron chi connectivity index (χ4n) is 1.05. The zero-order valence-corrected chi connectivity index (χ0v) is 9.67. The molecule has 0 aliphatic carbocycles. The van der Waals surface area contributed by atoms with Crippen LogP contribution < -0.4 is 5.32 Å². The Bertz CT molecular complexity index is 286. The molecule has 0 saturated carbocycles. The molecule has 1 aromatic carbocycles. The van der Waals surface area contributed by atoms with Crippen molar-refractivity contribution in [3.63, 3.8) is 0 Å². The van der Waals surface area contributed by atoms with E-state index in [2.05, 4.69) is 25.2 Å². The van der Waals surface area contributed by atoms with Crippen LogP contribution in [0.2, 0.25) is 5.02 Å². The normalized spacial score (nSPS) is 10.5. The average molecular weight is 216 g/mol. The molecule has 0 amide bonds. The molecule has 0 aromatic heterocycles. The van der Waals surface area contributed by atoms with Gasteiger partial charge < -0.3 is 5.32 Å². The Balaban J connectivity index is 2.92. The van der Waals surface area contributed by atoms with Gasteiger partial charge in [-0.3, -0.25) is 0 Å². The first-order valence-corrected chi connectivity index (χ1v) is 5.53. The van der Waals surface area contributed by atoms with E-state index in [9.17, 15) is 0 Å². The highest BCUT2D eigenvalue weighted by Gasteiger charge is 2.04. The molecule has 0 fully saturated rings. The van der Waals surface area contributed by atoms with Gasteiger partial charge in [-0.25, -0.2) is 0 Å². The molecule has 13 heavy (non-hydrogen) atoms. The van der Waals surface area contributed by atoms with E-state index in [1.807, 2.05) is 30.9 Å². The third kappa shape index (κ3) is 3.12. The van der Waals surface area contributed by atoms with E-state index in [1.54, 1.807) is 0 Å². The zero-order chi connectivity index (χ0) is 9.84. The lowest BCUT2D eigenvalue weighted by Gasteiger charge is -2.10. The third-order valence-electron chi connectivity index (χ3n) is 1.57. The molecule has 0 bridgehead atoms. The summed E-state index contributed by atoms with van der Waals surface area (Å²) in [6.45, 7) is 4.36. The lowest BCUT2D eigenvalue weighted by atomic mass is 10.3. The lowest BCUT2D eigenvalue weighted by molar-refractivity contribution is 1.11. The second kappa shape index (κ2) is 4.77. The van der Waals surface area contributed by atoms with Crippen molar-refractivity contribution in [2.75, 3.05) is 12.4 Å². The van der Waals surface area contributed by atoms with Crippen LogP contribution in [-0.4, -0.2) is 12.3 Å². The van der Waals surface area contributed by atoms with E-state index in [1.165, 1.54) is 4.90 Å². The number of hydrogen-bond donors (Lipinski definition) is 1. The standard InChI is InChI=1S/C10H14ClNS/c1-7(2)13-10-5-4-8(11)6-9(10)12-3/h4-7,12H,1-3H3. The molecule has 0 spiro atoms. The van der Waals surface area contributed by atoms with E-state index >= 15 is 0 Å². The van der Waals surface area contributed by atoms with Gasteiger partial charge in [-0.15, -0.1) is 11.8 Å². The van der Waals surface area contributed by atoms with E-state index in [-0.39, 0.29) is 0 Å². The highest BCUT2D eigenvalue weighted by molar-refractivity contribution is 8.00. The SMILES string of the molecule is CNc1cc(Cl)ccc1SC(C)C. The maximum Gasteiger partial charge on any atom is 0.0490 e. The summed E-state index contributed by atoms with van der Waals surface area (Å²) in [7, 11) is 1.91. The predicted octanol–water partition coefficient (Wildman–Crippen LogP) is 3.88. The van der Waals surface area contributed by atoms with Crippen molar-refractivity contribution in [2.45, 2.75) is 24.0 Å². The molecule has 0 saturated heterocycles. The van der Waals surface area contributed by atoms with Crippen molar-refractivity contribution in [1.29, 1.82) is 0 Å². The average Bonchev–Trinajstić information content (AvgIpc) is 2.07. The molecule has 1 N–H and O–H groups in total. The highest BCUT2D eigenvalue weighted by atomic mass is 35.5. The maximum absolute atomic E-state index is 5.88. The van der Waals surface area contributed by atoms with Crippen LogP contribution in [0.15, 0.2) is 23.1 Å². The summed E-state index contributed by atoms with van der Waals surface area (Å²) in [5.74, 6) is 0. The highest BCUT2D eigenvalue weighted by Crippen LogP contribution is 2.31. The van der Waals surface area contributed by atoms with Crippen LogP contribution in [0.5, 0.6) is 0 Å². The van der Waals surface area contributed by atoms with Crippen molar-refractivity contribution in [3.8, 4) is 0 Å².